The van der Waals surface area contributed by atoms with E-state index in [4.69, 9.17) is 4.74 Å². The zero-order chi connectivity index (χ0) is 17.5. The van der Waals surface area contributed by atoms with Crippen LogP contribution >= 0.6 is 0 Å². The number of carbonyl (C=O) groups excluding carboxylic acids is 2. The number of benzene rings is 1. The summed E-state index contributed by atoms with van der Waals surface area (Å²) >= 11 is 0. The van der Waals surface area contributed by atoms with E-state index in [2.05, 4.69) is 15.6 Å². The van der Waals surface area contributed by atoms with Crippen LogP contribution in [0.1, 0.15) is 21.6 Å². The molecule has 0 fully saturated rings. The summed E-state index contributed by atoms with van der Waals surface area (Å²) in [7, 11) is 1.54. The van der Waals surface area contributed by atoms with Gasteiger partial charge in [-0.15, -0.1) is 0 Å². The third-order valence-electron chi connectivity index (χ3n) is 3.33. The normalized spacial score (nSPS) is 10.1. The number of hydrogen-bond acceptors (Lipinski definition) is 4. The number of aromatic nitrogens is 1. The Morgan fingerprint density at radius 3 is 2.46 bits per heavy atom. The summed E-state index contributed by atoms with van der Waals surface area (Å²) in [5.74, 6) is -0.0884. The van der Waals surface area contributed by atoms with Crippen molar-refractivity contribution in [2.24, 2.45) is 0 Å². The Morgan fingerprint density at radius 2 is 1.83 bits per heavy atom. The number of aromatic amines is 1. The molecule has 0 aliphatic carbocycles. The Kier molecular flexibility index (Phi) is 5.73. The fourth-order valence-corrected chi connectivity index (χ4v) is 1.95. The summed E-state index contributed by atoms with van der Waals surface area (Å²) in [6.07, 6.45) is 0. The molecule has 1 heterocycles. The van der Waals surface area contributed by atoms with Crippen LogP contribution in [0.4, 0.5) is 0 Å². The minimum atomic E-state index is -0.434. The Balaban J connectivity index is 1.91. The third-order valence-corrected chi connectivity index (χ3v) is 3.33. The minimum Gasteiger partial charge on any atom is -0.484 e. The lowest BCUT2D eigenvalue weighted by molar-refractivity contribution is -0.122. The molecule has 2 amide bonds. The van der Waals surface area contributed by atoms with E-state index in [9.17, 15) is 14.4 Å². The van der Waals surface area contributed by atoms with Crippen LogP contribution in [0.3, 0.4) is 0 Å². The van der Waals surface area contributed by atoms with Gasteiger partial charge in [-0.2, -0.15) is 0 Å². The molecule has 0 spiro atoms. The van der Waals surface area contributed by atoms with Gasteiger partial charge in [0.15, 0.2) is 6.61 Å². The molecule has 7 nitrogen and oxygen atoms in total. The number of amides is 2. The average molecular weight is 329 g/mol. The number of aryl methyl sites for hydroxylation is 1. The molecular formula is C17H19N3O4. The van der Waals surface area contributed by atoms with E-state index in [0.29, 0.717) is 11.4 Å². The van der Waals surface area contributed by atoms with E-state index >= 15 is 0 Å². The molecule has 0 saturated heterocycles. The standard InChI is InChI=1S/C17H19N3O4/c1-11-3-8-14(17(23)20-11)16(22)19-9-12-4-6-13(7-5-12)24-10-15(21)18-2/h3-8H,9-10H2,1-2H3,(H,18,21)(H,19,22)(H,20,23). The van der Waals surface area contributed by atoms with Gasteiger partial charge in [0, 0.05) is 19.3 Å². The number of hydrogen-bond donors (Lipinski definition) is 3. The van der Waals surface area contributed by atoms with Gasteiger partial charge in [0.1, 0.15) is 11.3 Å². The van der Waals surface area contributed by atoms with Crippen molar-refractivity contribution in [2.75, 3.05) is 13.7 Å². The molecule has 1 aromatic carbocycles. The number of pyridine rings is 1. The van der Waals surface area contributed by atoms with Gasteiger partial charge in [0.05, 0.1) is 0 Å². The maximum absolute atomic E-state index is 12.0. The first kappa shape index (κ1) is 17.3. The van der Waals surface area contributed by atoms with Crippen molar-refractivity contribution in [3.8, 4) is 5.75 Å². The van der Waals surface area contributed by atoms with Gasteiger partial charge in [-0.1, -0.05) is 12.1 Å². The fourth-order valence-electron chi connectivity index (χ4n) is 1.95. The Hall–Kier alpha value is -3.09. The molecule has 0 atom stereocenters. The molecule has 0 bridgehead atoms. The van der Waals surface area contributed by atoms with E-state index < -0.39 is 11.5 Å². The van der Waals surface area contributed by atoms with Crippen molar-refractivity contribution in [2.45, 2.75) is 13.5 Å². The van der Waals surface area contributed by atoms with Crippen LogP contribution in [-0.4, -0.2) is 30.5 Å². The van der Waals surface area contributed by atoms with Crippen LogP contribution in [0.5, 0.6) is 5.75 Å². The van der Waals surface area contributed by atoms with E-state index in [1.165, 1.54) is 13.1 Å². The largest absolute Gasteiger partial charge is 0.484 e. The predicted octanol–water partition coefficient (Wildman–Crippen LogP) is 0.738. The van der Waals surface area contributed by atoms with Crippen LogP contribution in [-0.2, 0) is 11.3 Å². The Bertz CT molecular complexity index is 781. The topological polar surface area (TPSA) is 100 Å². The SMILES string of the molecule is CNC(=O)COc1ccc(CNC(=O)c2ccc(C)[nH]c2=O)cc1. The lowest BCUT2D eigenvalue weighted by Gasteiger charge is -2.08. The molecule has 2 rings (SSSR count). The maximum atomic E-state index is 12.0. The Labute approximate surface area is 139 Å². The summed E-state index contributed by atoms with van der Waals surface area (Å²) < 4.78 is 5.29. The van der Waals surface area contributed by atoms with Gasteiger partial charge in [-0.25, -0.2) is 0 Å². The first-order chi connectivity index (χ1) is 11.5. The van der Waals surface area contributed by atoms with Gasteiger partial charge in [0.2, 0.25) is 0 Å². The highest BCUT2D eigenvalue weighted by molar-refractivity contribution is 5.93. The number of carbonyl (C=O) groups is 2. The molecule has 24 heavy (non-hydrogen) atoms. The molecule has 3 N–H and O–H groups in total. The van der Waals surface area contributed by atoms with E-state index in [-0.39, 0.29) is 24.6 Å². The summed E-state index contributed by atoms with van der Waals surface area (Å²) in [5, 5.41) is 5.15. The molecular weight excluding hydrogens is 310 g/mol. The summed E-state index contributed by atoms with van der Waals surface area (Å²) in [6, 6.07) is 10.2. The maximum Gasteiger partial charge on any atom is 0.260 e. The van der Waals surface area contributed by atoms with Crippen LogP contribution < -0.4 is 20.9 Å². The summed E-state index contributed by atoms with van der Waals surface area (Å²) in [4.78, 5) is 37.4. The summed E-state index contributed by atoms with van der Waals surface area (Å²) in [6.45, 7) is 1.97. The van der Waals surface area contributed by atoms with Crippen LogP contribution in [0, 0.1) is 6.92 Å². The summed E-state index contributed by atoms with van der Waals surface area (Å²) in [5.41, 5.74) is 1.21. The first-order valence-corrected chi connectivity index (χ1v) is 7.40. The zero-order valence-corrected chi connectivity index (χ0v) is 13.5. The minimum absolute atomic E-state index is 0.0528. The highest BCUT2D eigenvalue weighted by Gasteiger charge is 2.10. The zero-order valence-electron chi connectivity index (χ0n) is 13.5. The second kappa shape index (κ2) is 7.96. The molecule has 0 aliphatic rings. The smallest absolute Gasteiger partial charge is 0.260 e. The molecule has 2 aromatic rings. The number of likely N-dealkylation sites (N-methyl/N-ethyl adjacent to an activating group) is 1. The lowest BCUT2D eigenvalue weighted by atomic mass is 10.2. The van der Waals surface area contributed by atoms with Crippen molar-refractivity contribution in [1.29, 1.82) is 0 Å². The second-order valence-corrected chi connectivity index (χ2v) is 5.17. The van der Waals surface area contributed by atoms with Crippen molar-refractivity contribution >= 4 is 11.8 Å². The molecule has 126 valence electrons. The lowest BCUT2D eigenvalue weighted by Crippen LogP contribution is -2.29. The van der Waals surface area contributed by atoms with Crippen molar-refractivity contribution in [3.05, 3.63) is 63.6 Å². The van der Waals surface area contributed by atoms with Gasteiger partial charge in [0.25, 0.3) is 17.4 Å². The van der Waals surface area contributed by atoms with Crippen molar-refractivity contribution < 1.29 is 14.3 Å². The van der Waals surface area contributed by atoms with Crippen LogP contribution in [0.2, 0.25) is 0 Å². The van der Waals surface area contributed by atoms with Crippen LogP contribution in [0.25, 0.3) is 0 Å². The highest BCUT2D eigenvalue weighted by atomic mass is 16.5. The highest BCUT2D eigenvalue weighted by Crippen LogP contribution is 2.12. The predicted molar refractivity (Wildman–Crippen MR) is 89.0 cm³/mol. The second-order valence-electron chi connectivity index (χ2n) is 5.17. The monoisotopic (exact) mass is 329 g/mol. The van der Waals surface area contributed by atoms with Crippen LogP contribution in [0.15, 0.2) is 41.2 Å². The number of nitrogens with one attached hydrogen (secondary N) is 3. The van der Waals surface area contributed by atoms with Gasteiger partial charge in [-0.05, 0) is 36.8 Å². The van der Waals surface area contributed by atoms with Crippen molar-refractivity contribution in [1.82, 2.24) is 15.6 Å². The van der Waals surface area contributed by atoms with E-state index in [0.717, 1.165) is 5.56 Å². The average Bonchev–Trinajstić information content (AvgIpc) is 2.58. The van der Waals surface area contributed by atoms with E-state index in [1.807, 2.05) is 0 Å². The van der Waals surface area contributed by atoms with Gasteiger partial charge < -0.3 is 20.4 Å². The fraction of sp³-hybridized carbons (Fsp3) is 0.235. The van der Waals surface area contributed by atoms with Gasteiger partial charge in [-0.3, -0.25) is 14.4 Å². The van der Waals surface area contributed by atoms with Crippen molar-refractivity contribution in [3.63, 3.8) is 0 Å². The Morgan fingerprint density at radius 1 is 1.12 bits per heavy atom. The molecule has 0 unspecified atom stereocenters. The molecule has 0 radical (unpaired) electrons. The third kappa shape index (κ3) is 4.70. The molecule has 0 aliphatic heterocycles. The number of ether oxygens (including phenoxy) is 1. The first-order valence-electron chi connectivity index (χ1n) is 7.40. The van der Waals surface area contributed by atoms with Gasteiger partial charge >= 0.3 is 0 Å². The molecule has 1 aromatic heterocycles. The molecule has 7 heteroatoms. The number of H-pyrrole nitrogens is 1. The molecule has 0 saturated carbocycles. The number of rotatable bonds is 6. The van der Waals surface area contributed by atoms with E-state index in [1.54, 1.807) is 37.3 Å². The quantitative estimate of drug-likeness (QED) is 0.727.